The fourth-order valence-corrected chi connectivity index (χ4v) is 4.15. The first-order chi connectivity index (χ1) is 14.5. The maximum Gasteiger partial charge on any atom is 0.274 e. The molecule has 6 nitrogen and oxygen atoms in total. The topological polar surface area (TPSA) is 56.0 Å². The average Bonchev–Trinajstić information content (AvgIpc) is 3.37. The Balaban J connectivity index is 1.44. The van der Waals surface area contributed by atoms with Crippen molar-refractivity contribution in [3.8, 4) is 0 Å². The highest BCUT2D eigenvalue weighted by atomic mass is 19.1. The Morgan fingerprint density at radius 1 is 1.23 bits per heavy atom. The van der Waals surface area contributed by atoms with Crippen LogP contribution >= 0.6 is 0 Å². The van der Waals surface area contributed by atoms with Crippen LogP contribution in [0.4, 0.5) is 4.39 Å². The van der Waals surface area contributed by atoms with Crippen molar-refractivity contribution in [3.05, 3.63) is 71.3 Å². The van der Waals surface area contributed by atoms with E-state index in [1.165, 1.54) is 12.1 Å². The van der Waals surface area contributed by atoms with E-state index in [1.54, 1.807) is 10.7 Å². The first-order valence-electron chi connectivity index (χ1n) is 10.6. The van der Waals surface area contributed by atoms with Gasteiger partial charge in [-0.2, -0.15) is 5.10 Å². The van der Waals surface area contributed by atoms with Crippen LogP contribution in [0.2, 0.25) is 0 Å². The quantitative estimate of drug-likeness (QED) is 0.624. The molecule has 2 aromatic heterocycles. The van der Waals surface area contributed by atoms with Gasteiger partial charge in [0, 0.05) is 50.7 Å². The minimum atomic E-state index is -0.225. The second-order valence-corrected chi connectivity index (χ2v) is 8.05. The number of hydrogen-bond donors (Lipinski definition) is 0. The molecule has 7 heteroatoms. The maximum atomic E-state index is 13.2. The Hall–Kier alpha value is -2.96. The predicted molar refractivity (Wildman–Crippen MR) is 113 cm³/mol. The van der Waals surface area contributed by atoms with Crippen molar-refractivity contribution in [2.24, 2.45) is 5.92 Å². The van der Waals surface area contributed by atoms with Crippen molar-refractivity contribution >= 4 is 5.91 Å². The Labute approximate surface area is 176 Å². The number of likely N-dealkylation sites (tertiary alicyclic amines) is 1. The minimum Gasteiger partial charge on any atom is -0.337 e. The number of nitrogens with zero attached hydrogens (tertiary/aromatic N) is 5. The molecule has 3 heterocycles. The third-order valence-corrected chi connectivity index (χ3v) is 5.85. The molecule has 0 N–H and O–H groups in total. The van der Waals surface area contributed by atoms with E-state index in [9.17, 15) is 9.18 Å². The molecule has 1 fully saturated rings. The maximum absolute atomic E-state index is 13.2. The van der Waals surface area contributed by atoms with Crippen LogP contribution in [0.15, 0.2) is 42.7 Å². The van der Waals surface area contributed by atoms with E-state index >= 15 is 0 Å². The van der Waals surface area contributed by atoms with Gasteiger partial charge >= 0.3 is 0 Å². The van der Waals surface area contributed by atoms with Gasteiger partial charge in [0.25, 0.3) is 5.91 Å². The van der Waals surface area contributed by atoms with Crippen LogP contribution in [0.3, 0.4) is 0 Å². The molecule has 158 valence electrons. The van der Waals surface area contributed by atoms with Crippen LogP contribution < -0.4 is 0 Å². The van der Waals surface area contributed by atoms with Gasteiger partial charge in [-0.25, -0.2) is 9.37 Å². The largest absolute Gasteiger partial charge is 0.337 e. The van der Waals surface area contributed by atoms with Crippen LogP contribution in [0.5, 0.6) is 0 Å². The van der Waals surface area contributed by atoms with E-state index in [1.807, 2.05) is 43.3 Å². The third-order valence-electron chi connectivity index (χ3n) is 5.85. The smallest absolute Gasteiger partial charge is 0.274 e. The van der Waals surface area contributed by atoms with Crippen LogP contribution in [0, 0.1) is 18.7 Å². The number of imidazole rings is 1. The molecule has 4 rings (SSSR count). The number of piperidine rings is 1. The molecule has 1 aliphatic heterocycles. The zero-order valence-electron chi connectivity index (χ0n) is 17.6. The molecule has 1 aliphatic rings. The molecule has 3 aromatic rings. The van der Waals surface area contributed by atoms with E-state index in [0.29, 0.717) is 18.2 Å². The van der Waals surface area contributed by atoms with Crippen LogP contribution in [0.1, 0.15) is 47.3 Å². The summed E-state index contributed by atoms with van der Waals surface area (Å²) in [6.45, 7) is 6.98. The third kappa shape index (κ3) is 4.45. The number of rotatable bonds is 6. The van der Waals surface area contributed by atoms with Crippen molar-refractivity contribution in [2.45, 2.75) is 46.2 Å². The lowest BCUT2D eigenvalue weighted by Gasteiger charge is -2.32. The van der Waals surface area contributed by atoms with Crippen molar-refractivity contribution in [2.75, 3.05) is 13.1 Å². The molecule has 0 radical (unpaired) electrons. The molecular weight excluding hydrogens is 381 g/mol. The van der Waals surface area contributed by atoms with E-state index < -0.39 is 0 Å². The standard InChI is InChI=1S/C23H28FN5O/c1-3-28-12-10-21(26-28)23(30)27-11-4-5-19(15-27)13-22-25-14-17(2)29(22)16-18-6-8-20(24)9-7-18/h6-10,12,14,19H,3-5,11,13,15-16H2,1-2H3. The van der Waals surface area contributed by atoms with Gasteiger partial charge in [-0.3, -0.25) is 9.48 Å². The van der Waals surface area contributed by atoms with Gasteiger partial charge < -0.3 is 9.47 Å². The second kappa shape index (κ2) is 8.81. The van der Waals surface area contributed by atoms with Gasteiger partial charge in [0.2, 0.25) is 0 Å². The lowest BCUT2D eigenvalue weighted by Crippen LogP contribution is -2.41. The number of carbonyl (C=O) groups excluding carboxylic acids is 1. The summed E-state index contributed by atoms with van der Waals surface area (Å²) >= 11 is 0. The molecule has 0 spiro atoms. The Morgan fingerprint density at radius 3 is 2.77 bits per heavy atom. The normalized spacial score (nSPS) is 16.8. The van der Waals surface area contributed by atoms with Gasteiger partial charge in [-0.05, 0) is 56.4 Å². The summed E-state index contributed by atoms with van der Waals surface area (Å²) in [5.74, 6) is 1.17. The van der Waals surface area contributed by atoms with Crippen LogP contribution in [-0.4, -0.2) is 43.2 Å². The van der Waals surface area contributed by atoms with Gasteiger partial charge in [-0.1, -0.05) is 12.1 Å². The molecule has 0 bridgehead atoms. The lowest BCUT2D eigenvalue weighted by atomic mass is 9.94. The van der Waals surface area contributed by atoms with Crippen LogP contribution in [0.25, 0.3) is 0 Å². The summed E-state index contributed by atoms with van der Waals surface area (Å²) in [5.41, 5.74) is 2.65. The first-order valence-corrected chi connectivity index (χ1v) is 10.6. The van der Waals surface area contributed by atoms with Crippen molar-refractivity contribution in [1.29, 1.82) is 0 Å². The van der Waals surface area contributed by atoms with Crippen molar-refractivity contribution in [3.63, 3.8) is 0 Å². The molecular formula is C23H28FN5O. The molecule has 1 aromatic carbocycles. The van der Waals surface area contributed by atoms with Crippen LogP contribution in [-0.2, 0) is 19.5 Å². The van der Waals surface area contributed by atoms with Gasteiger partial charge in [-0.15, -0.1) is 0 Å². The molecule has 1 atom stereocenters. The predicted octanol–water partition coefficient (Wildman–Crippen LogP) is 3.69. The summed E-state index contributed by atoms with van der Waals surface area (Å²) < 4.78 is 17.2. The molecule has 0 saturated carbocycles. The summed E-state index contributed by atoms with van der Waals surface area (Å²) in [6.07, 6.45) is 6.63. The molecule has 1 amide bonds. The Bertz CT molecular complexity index is 1010. The summed E-state index contributed by atoms with van der Waals surface area (Å²) in [4.78, 5) is 19.4. The monoisotopic (exact) mass is 409 g/mol. The summed E-state index contributed by atoms with van der Waals surface area (Å²) in [7, 11) is 0. The number of halogens is 1. The number of aryl methyl sites for hydroxylation is 2. The number of amides is 1. The SMILES string of the molecule is CCn1ccc(C(=O)N2CCCC(Cc3ncc(C)n3Cc3ccc(F)cc3)C2)n1. The molecule has 1 unspecified atom stereocenters. The highest BCUT2D eigenvalue weighted by Crippen LogP contribution is 2.23. The number of benzene rings is 1. The number of hydrogen-bond acceptors (Lipinski definition) is 3. The highest BCUT2D eigenvalue weighted by molar-refractivity contribution is 5.92. The minimum absolute atomic E-state index is 0.0118. The lowest BCUT2D eigenvalue weighted by molar-refractivity contribution is 0.0665. The molecule has 1 saturated heterocycles. The fourth-order valence-electron chi connectivity index (χ4n) is 4.15. The van der Waals surface area contributed by atoms with E-state index in [2.05, 4.69) is 14.6 Å². The van der Waals surface area contributed by atoms with E-state index in [0.717, 1.165) is 56.0 Å². The van der Waals surface area contributed by atoms with Crippen molar-refractivity contribution < 1.29 is 9.18 Å². The van der Waals surface area contributed by atoms with Gasteiger partial charge in [0.1, 0.15) is 17.3 Å². The molecule has 30 heavy (non-hydrogen) atoms. The molecule has 0 aliphatic carbocycles. The Kier molecular flexibility index (Phi) is 5.97. The Morgan fingerprint density at radius 2 is 2.03 bits per heavy atom. The highest BCUT2D eigenvalue weighted by Gasteiger charge is 2.27. The zero-order chi connectivity index (χ0) is 21.1. The van der Waals surface area contributed by atoms with E-state index in [-0.39, 0.29) is 11.7 Å². The summed E-state index contributed by atoms with van der Waals surface area (Å²) in [6, 6.07) is 8.41. The van der Waals surface area contributed by atoms with Crippen molar-refractivity contribution in [1.82, 2.24) is 24.2 Å². The first kappa shape index (κ1) is 20.3. The van der Waals surface area contributed by atoms with E-state index in [4.69, 9.17) is 0 Å². The number of carbonyl (C=O) groups is 1. The summed E-state index contributed by atoms with van der Waals surface area (Å²) in [5, 5.41) is 4.37. The second-order valence-electron chi connectivity index (χ2n) is 8.05. The van der Waals surface area contributed by atoms with Gasteiger partial charge in [0.05, 0.1) is 0 Å². The van der Waals surface area contributed by atoms with Gasteiger partial charge in [0.15, 0.2) is 0 Å². The average molecular weight is 410 g/mol. The number of aromatic nitrogens is 4. The zero-order valence-corrected chi connectivity index (χ0v) is 17.6. The fraction of sp³-hybridized carbons (Fsp3) is 0.435.